The van der Waals surface area contributed by atoms with Crippen molar-refractivity contribution in [2.24, 2.45) is 0 Å². The third kappa shape index (κ3) is 12.7. The van der Waals surface area contributed by atoms with E-state index in [9.17, 15) is 14.7 Å². The van der Waals surface area contributed by atoms with Gasteiger partial charge in [-0.1, -0.05) is 84.9 Å². The molecule has 0 spiro atoms. The maximum absolute atomic E-state index is 13.0. The SMILES string of the molecule is CC(C)(C)OC(C(=O)O)c1ccc(-c2cccc(-c3cccnc3)c2)cc1-c1ccc2c(c1)CCCO2.COC(=O)C(OC(C)(C)C)c1ccc(-c2cccc(-c3cccnc3)c2)cc1-c1ccc2c(c1)CCCO2. The van der Waals surface area contributed by atoms with Gasteiger partial charge < -0.3 is 28.8 Å². The summed E-state index contributed by atoms with van der Waals surface area (Å²) in [5.74, 6) is 0.396. The van der Waals surface area contributed by atoms with Crippen molar-refractivity contribution in [3.05, 3.63) is 193 Å². The van der Waals surface area contributed by atoms with Crippen molar-refractivity contribution in [3.63, 3.8) is 0 Å². The number of aliphatic carboxylic acids is 1. The van der Waals surface area contributed by atoms with E-state index in [0.29, 0.717) is 5.56 Å². The summed E-state index contributed by atoms with van der Waals surface area (Å²) in [5.41, 5.74) is 14.7. The third-order valence-electron chi connectivity index (χ3n) is 13.1. The quantitative estimate of drug-likeness (QED) is 0.118. The number of carboxylic acids is 1. The standard InChI is InChI=1S/C33H33NO4.C32H31NO4/c1-33(2,3)38-31(32(35)36-4)28-14-12-24(22-8-5-9-23(18-22)27-10-6-16-34-21-27)20-29(28)25-13-15-30-26(19-25)11-7-17-37-30;1-32(2,3)37-30(31(34)35)27-13-11-23(21-7-4-8-22(17-21)26-9-5-15-33-20-26)19-28(27)24-12-14-29-25(18-24)10-6-16-36-29/h5-6,8-10,12-16,18-21,31H,7,11,17H2,1-4H3;4-5,7-9,11-15,17-20,30H,6,10,16H2,1-3H3,(H,34,35). The highest BCUT2D eigenvalue weighted by Crippen LogP contribution is 2.41. The van der Waals surface area contributed by atoms with Crippen LogP contribution in [0.15, 0.2) is 170 Å². The van der Waals surface area contributed by atoms with Crippen LogP contribution in [0.1, 0.15) is 88.8 Å². The van der Waals surface area contributed by atoms with Crippen molar-refractivity contribution >= 4 is 11.9 Å². The molecule has 8 aromatic rings. The summed E-state index contributed by atoms with van der Waals surface area (Å²) >= 11 is 0. The zero-order valence-corrected chi connectivity index (χ0v) is 43.8. The lowest BCUT2D eigenvalue weighted by molar-refractivity contribution is -0.164. The zero-order valence-electron chi connectivity index (χ0n) is 43.8. The van der Waals surface area contributed by atoms with E-state index in [1.54, 1.807) is 12.4 Å². The van der Waals surface area contributed by atoms with E-state index in [0.717, 1.165) is 128 Å². The minimum atomic E-state index is -1.10. The average molecular weight is 1000 g/mol. The lowest BCUT2D eigenvalue weighted by Gasteiger charge is -2.28. The number of benzene rings is 6. The van der Waals surface area contributed by atoms with E-state index < -0.39 is 35.3 Å². The molecular formula is C65H64N2O8. The van der Waals surface area contributed by atoms with Crippen LogP contribution < -0.4 is 9.47 Å². The Balaban J connectivity index is 0.000000184. The molecule has 2 unspecified atom stereocenters. The van der Waals surface area contributed by atoms with Gasteiger partial charge in [-0.15, -0.1) is 0 Å². The molecule has 75 heavy (non-hydrogen) atoms. The van der Waals surface area contributed by atoms with Crippen molar-refractivity contribution in [1.29, 1.82) is 0 Å². The predicted octanol–water partition coefficient (Wildman–Crippen LogP) is 14.8. The average Bonchev–Trinajstić information content (AvgIpc) is 3.43. The van der Waals surface area contributed by atoms with Crippen LogP contribution in [0, 0.1) is 0 Å². The van der Waals surface area contributed by atoms with Gasteiger partial charge in [-0.05, 0) is 206 Å². The van der Waals surface area contributed by atoms with Crippen molar-refractivity contribution in [1.82, 2.24) is 9.97 Å². The predicted molar refractivity (Wildman–Crippen MR) is 296 cm³/mol. The lowest BCUT2D eigenvalue weighted by atomic mass is 9.89. The maximum atomic E-state index is 13.0. The molecule has 6 aromatic carbocycles. The van der Waals surface area contributed by atoms with Gasteiger partial charge in [0, 0.05) is 35.9 Å². The molecule has 2 atom stereocenters. The molecule has 10 nitrogen and oxygen atoms in total. The molecular weight excluding hydrogens is 937 g/mol. The summed E-state index contributed by atoms with van der Waals surface area (Å²) in [5, 5.41) is 10.2. The number of carbonyl (C=O) groups excluding carboxylic acids is 1. The highest BCUT2D eigenvalue weighted by Gasteiger charge is 2.32. The number of fused-ring (bicyclic) bond motifs is 2. The van der Waals surface area contributed by atoms with Crippen molar-refractivity contribution in [3.8, 4) is 78.3 Å². The van der Waals surface area contributed by atoms with Crippen LogP contribution in [-0.2, 0) is 36.6 Å². The highest BCUT2D eigenvalue weighted by molar-refractivity contribution is 5.86. The third-order valence-corrected chi connectivity index (χ3v) is 13.1. The van der Waals surface area contributed by atoms with E-state index in [1.807, 2.05) is 121 Å². The van der Waals surface area contributed by atoms with Gasteiger partial charge >= 0.3 is 11.9 Å². The van der Waals surface area contributed by atoms with E-state index in [1.165, 1.54) is 12.7 Å². The monoisotopic (exact) mass is 1000 g/mol. The summed E-state index contributed by atoms with van der Waals surface area (Å²) in [7, 11) is 1.40. The molecule has 0 amide bonds. The molecule has 1 N–H and O–H groups in total. The largest absolute Gasteiger partial charge is 0.493 e. The number of rotatable bonds is 12. The number of methoxy groups -OCH3 is 1. The van der Waals surface area contributed by atoms with E-state index in [4.69, 9.17) is 23.7 Å². The molecule has 2 aliphatic rings. The molecule has 0 fully saturated rings. The fraction of sp³-hybridized carbons (Fsp3) is 0.262. The van der Waals surface area contributed by atoms with Gasteiger partial charge in [-0.3, -0.25) is 9.97 Å². The molecule has 382 valence electrons. The summed E-state index contributed by atoms with van der Waals surface area (Å²) in [6, 6.07) is 49.2. The number of aromatic nitrogens is 2. The number of pyridine rings is 2. The van der Waals surface area contributed by atoms with Crippen molar-refractivity contribution < 1.29 is 38.4 Å². The first kappa shape index (κ1) is 52.0. The number of hydrogen-bond acceptors (Lipinski definition) is 9. The summed E-state index contributed by atoms with van der Waals surface area (Å²) in [6.07, 6.45) is 9.16. The Morgan fingerprint density at radius 2 is 0.893 bits per heavy atom. The molecule has 0 saturated carbocycles. The van der Waals surface area contributed by atoms with Crippen LogP contribution in [0.5, 0.6) is 11.5 Å². The van der Waals surface area contributed by atoms with Crippen LogP contribution in [-0.4, -0.2) is 58.5 Å². The van der Waals surface area contributed by atoms with Gasteiger partial charge in [-0.25, -0.2) is 9.59 Å². The van der Waals surface area contributed by atoms with E-state index in [2.05, 4.69) is 88.8 Å². The van der Waals surface area contributed by atoms with Crippen molar-refractivity contribution in [2.75, 3.05) is 20.3 Å². The number of nitrogens with zero attached hydrogens (tertiary/aromatic N) is 2. The summed E-state index contributed by atoms with van der Waals surface area (Å²) < 4.78 is 29.2. The Kier molecular flexibility index (Phi) is 15.7. The maximum Gasteiger partial charge on any atom is 0.339 e. The Hall–Kier alpha value is -7.92. The minimum Gasteiger partial charge on any atom is -0.493 e. The van der Waals surface area contributed by atoms with Gasteiger partial charge in [-0.2, -0.15) is 0 Å². The number of carbonyl (C=O) groups is 2. The molecule has 2 aromatic heterocycles. The van der Waals surface area contributed by atoms with Gasteiger partial charge in [0.25, 0.3) is 0 Å². The fourth-order valence-corrected chi connectivity index (χ4v) is 9.61. The zero-order chi connectivity index (χ0) is 52.7. The van der Waals surface area contributed by atoms with Gasteiger partial charge in [0.1, 0.15) is 11.5 Å². The van der Waals surface area contributed by atoms with Crippen LogP contribution >= 0.6 is 0 Å². The second kappa shape index (κ2) is 22.7. The molecule has 2 aliphatic heterocycles. The number of carboxylic acid groups (broad SMARTS) is 1. The molecule has 10 heteroatoms. The Bertz CT molecular complexity index is 3300. The summed E-state index contributed by atoms with van der Waals surface area (Å²) in [6.45, 7) is 12.9. The summed E-state index contributed by atoms with van der Waals surface area (Å²) in [4.78, 5) is 33.9. The van der Waals surface area contributed by atoms with Crippen LogP contribution in [0.25, 0.3) is 66.8 Å². The number of ether oxygens (including phenoxy) is 5. The molecule has 0 bridgehead atoms. The lowest BCUT2D eigenvalue weighted by Crippen LogP contribution is -2.28. The normalized spacial score (nSPS) is 13.9. The Labute approximate surface area is 440 Å². The molecule has 0 radical (unpaired) electrons. The van der Waals surface area contributed by atoms with Crippen LogP contribution in [0.4, 0.5) is 0 Å². The van der Waals surface area contributed by atoms with Crippen LogP contribution in [0.2, 0.25) is 0 Å². The highest BCUT2D eigenvalue weighted by atomic mass is 16.6. The Morgan fingerprint density at radius 1 is 0.493 bits per heavy atom. The number of hydrogen-bond donors (Lipinski definition) is 1. The fourth-order valence-electron chi connectivity index (χ4n) is 9.61. The van der Waals surface area contributed by atoms with Gasteiger partial charge in [0.15, 0.2) is 12.2 Å². The molecule has 4 heterocycles. The van der Waals surface area contributed by atoms with Gasteiger partial charge in [0.2, 0.25) is 0 Å². The van der Waals surface area contributed by atoms with Gasteiger partial charge in [0.05, 0.1) is 31.5 Å². The topological polar surface area (TPSA) is 126 Å². The molecule has 10 rings (SSSR count). The molecule has 0 aliphatic carbocycles. The van der Waals surface area contributed by atoms with Crippen molar-refractivity contribution in [2.45, 2.75) is 90.6 Å². The first-order valence-corrected chi connectivity index (χ1v) is 25.6. The van der Waals surface area contributed by atoms with E-state index in [-0.39, 0.29) is 0 Å². The second-order valence-electron chi connectivity index (χ2n) is 20.9. The smallest absolute Gasteiger partial charge is 0.339 e. The van der Waals surface area contributed by atoms with Crippen LogP contribution in [0.3, 0.4) is 0 Å². The Morgan fingerprint density at radius 3 is 1.31 bits per heavy atom. The number of esters is 1. The first-order chi connectivity index (χ1) is 36.1. The first-order valence-electron chi connectivity index (χ1n) is 25.6. The minimum absolute atomic E-state index is 0.422. The van der Waals surface area contributed by atoms with E-state index >= 15 is 0 Å². The second-order valence-corrected chi connectivity index (χ2v) is 20.9. The molecule has 0 saturated heterocycles. The number of aryl methyl sites for hydroxylation is 2.